The number of aryl methyl sites for hydroxylation is 1. The third kappa shape index (κ3) is 4.12. The smallest absolute Gasteiger partial charge is 0.230 e. The van der Waals surface area contributed by atoms with Crippen LogP contribution in [-0.4, -0.2) is 27.8 Å². The Kier molecular flexibility index (Phi) is 5.56. The number of imidazole rings is 1. The van der Waals surface area contributed by atoms with E-state index in [1.165, 1.54) is 17.3 Å². The molecule has 25 heavy (non-hydrogen) atoms. The Hall–Kier alpha value is -2.53. The minimum atomic E-state index is 0.0204. The van der Waals surface area contributed by atoms with E-state index in [1.807, 2.05) is 31.3 Å². The van der Waals surface area contributed by atoms with Crippen LogP contribution in [0.2, 0.25) is 0 Å². The number of benzene rings is 2. The molecule has 0 saturated carbocycles. The van der Waals surface area contributed by atoms with E-state index in [2.05, 4.69) is 58.2 Å². The minimum absolute atomic E-state index is 0.0204. The first-order valence-electron chi connectivity index (χ1n) is 8.28. The van der Waals surface area contributed by atoms with Crippen molar-refractivity contribution >= 4 is 17.7 Å². The van der Waals surface area contributed by atoms with Crippen LogP contribution in [-0.2, 0) is 4.79 Å². The van der Waals surface area contributed by atoms with Gasteiger partial charge in [0, 0.05) is 17.8 Å². The van der Waals surface area contributed by atoms with Gasteiger partial charge in [0.05, 0.1) is 17.6 Å². The summed E-state index contributed by atoms with van der Waals surface area (Å²) in [5, 5.41) is 3.64. The Balaban J connectivity index is 1.98. The van der Waals surface area contributed by atoms with Crippen LogP contribution < -0.4 is 5.32 Å². The zero-order valence-corrected chi connectivity index (χ0v) is 15.2. The van der Waals surface area contributed by atoms with Crippen LogP contribution in [0.4, 0.5) is 0 Å². The number of hydrogen-bond donors (Lipinski definition) is 1. The number of amides is 1. The molecule has 4 nitrogen and oxygen atoms in total. The molecule has 1 heterocycles. The quantitative estimate of drug-likeness (QED) is 0.681. The van der Waals surface area contributed by atoms with Gasteiger partial charge < -0.3 is 5.32 Å². The van der Waals surface area contributed by atoms with E-state index < -0.39 is 0 Å². The molecule has 0 unspecified atom stereocenters. The first-order valence-corrected chi connectivity index (χ1v) is 9.27. The van der Waals surface area contributed by atoms with Crippen LogP contribution in [0.5, 0.6) is 0 Å². The molecule has 5 heteroatoms. The molecule has 2 aromatic carbocycles. The fourth-order valence-electron chi connectivity index (χ4n) is 2.57. The second-order valence-corrected chi connectivity index (χ2v) is 6.65. The molecule has 3 rings (SSSR count). The first kappa shape index (κ1) is 17.3. The Bertz CT molecular complexity index is 841. The molecule has 3 aromatic rings. The van der Waals surface area contributed by atoms with Crippen molar-refractivity contribution < 1.29 is 4.79 Å². The molecule has 0 aliphatic rings. The molecule has 0 saturated heterocycles. The van der Waals surface area contributed by atoms with Gasteiger partial charge in [-0.05, 0) is 26.0 Å². The molecular weight excluding hydrogens is 330 g/mol. The van der Waals surface area contributed by atoms with Crippen molar-refractivity contribution in [1.82, 2.24) is 14.9 Å². The molecule has 0 aliphatic carbocycles. The maximum Gasteiger partial charge on any atom is 0.230 e. The molecule has 0 bridgehead atoms. The van der Waals surface area contributed by atoms with Gasteiger partial charge in [0.15, 0.2) is 5.16 Å². The van der Waals surface area contributed by atoms with Crippen molar-refractivity contribution in [2.45, 2.75) is 19.0 Å². The van der Waals surface area contributed by atoms with Crippen molar-refractivity contribution in [1.29, 1.82) is 0 Å². The average Bonchev–Trinajstić information content (AvgIpc) is 3.05. The number of nitrogens with zero attached hydrogens (tertiary/aromatic N) is 2. The molecule has 0 fully saturated rings. The van der Waals surface area contributed by atoms with Gasteiger partial charge >= 0.3 is 0 Å². The number of nitrogens with one attached hydrogen (secondary N) is 1. The molecule has 0 aliphatic heterocycles. The average molecular weight is 351 g/mol. The Morgan fingerprint density at radius 3 is 2.52 bits per heavy atom. The highest BCUT2D eigenvalue weighted by atomic mass is 32.2. The van der Waals surface area contributed by atoms with Gasteiger partial charge in [-0.1, -0.05) is 59.8 Å². The lowest BCUT2D eigenvalue weighted by molar-refractivity contribution is -0.118. The monoisotopic (exact) mass is 351 g/mol. The molecule has 0 spiro atoms. The van der Waals surface area contributed by atoms with Crippen molar-refractivity contribution in [2.75, 3.05) is 12.3 Å². The Morgan fingerprint density at radius 2 is 1.84 bits per heavy atom. The highest BCUT2D eigenvalue weighted by Crippen LogP contribution is 2.29. The second-order valence-electron chi connectivity index (χ2n) is 5.71. The fraction of sp³-hybridized carbons (Fsp3) is 0.200. The lowest BCUT2D eigenvalue weighted by atomic mass is 10.1. The van der Waals surface area contributed by atoms with Gasteiger partial charge in [0.2, 0.25) is 5.91 Å². The molecule has 128 valence electrons. The topological polar surface area (TPSA) is 46.9 Å². The summed E-state index contributed by atoms with van der Waals surface area (Å²) in [5.74, 6) is 0.373. The number of carbonyl (C=O) groups is 1. The number of para-hydroxylation sites is 1. The number of thioether (sulfide) groups is 1. The maximum atomic E-state index is 11.8. The lowest BCUT2D eigenvalue weighted by Gasteiger charge is -2.12. The SMILES string of the molecule is CCNC(=O)CSc1ncc(-c2ccc(C)cc2)n1-c1ccccc1. The van der Waals surface area contributed by atoms with Crippen LogP contribution in [0.3, 0.4) is 0 Å². The van der Waals surface area contributed by atoms with Crippen molar-refractivity contribution in [3.05, 3.63) is 66.4 Å². The Morgan fingerprint density at radius 1 is 1.12 bits per heavy atom. The molecule has 1 aromatic heterocycles. The highest BCUT2D eigenvalue weighted by molar-refractivity contribution is 7.99. The van der Waals surface area contributed by atoms with Crippen LogP contribution in [0.15, 0.2) is 66.0 Å². The minimum Gasteiger partial charge on any atom is -0.356 e. The molecule has 1 amide bonds. The second kappa shape index (κ2) is 8.03. The predicted octanol–water partition coefficient (Wildman–Crippen LogP) is 4.08. The van der Waals surface area contributed by atoms with Gasteiger partial charge in [-0.3, -0.25) is 9.36 Å². The van der Waals surface area contributed by atoms with E-state index in [0.29, 0.717) is 12.3 Å². The van der Waals surface area contributed by atoms with Crippen LogP contribution in [0.1, 0.15) is 12.5 Å². The number of rotatable bonds is 6. The summed E-state index contributed by atoms with van der Waals surface area (Å²) >= 11 is 1.45. The van der Waals surface area contributed by atoms with E-state index in [-0.39, 0.29) is 5.91 Å². The van der Waals surface area contributed by atoms with Crippen LogP contribution in [0, 0.1) is 6.92 Å². The molecule has 0 atom stereocenters. The van der Waals surface area contributed by atoms with E-state index in [1.54, 1.807) is 0 Å². The third-order valence-corrected chi connectivity index (χ3v) is 4.75. The van der Waals surface area contributed by atoms with Crippen LogP contribution >= 0.6 is 11.8 Å². The maximum absolute atomic E-state index is 11.8. The fourth-order valence-corrected chi connectivity index (χ4v) is 3.39. The molecule has 1 N–H and O–H groups in total. The third-order valence-electron chi connectivity index (χ3n) is 3.80. The van der Waals surface area contributed by atoms with Gasteiger partial charge in [0.1, 0.15) is 0 Å². The zero-order chi connectivity index (χ0) is 17.6. The van der Waals surface area contributed by atoms with Crippen molar-refractivity contribution in [3.63, 3.8) is 0 Å². The summed E-state index contributed by atoms with van der Waals surface area (Å²) in [6, 6.07) is 18.5. The first-order chi connectivity index (χ1) is 12.2. The largest absolute Gasteiger partial charge is 0.356 e. The molecular formula is C20H21N3OS. The number of carbonyl (C=O) groups excluding carboxylic acids is 1. The summed E-state index contributed by atoms with van der Waals surface area (Å²) in [7, 11) is 0. The van der Waals surface area contributed by atoms with E-state index in [4.69, 9.17) is 0 Å². The Labute approximate surface area is 152 Å². The standard InChI is InChI=1S/C20H21N3OS/c1-3-21-19(24)14-25-20-22-13-18(16-11-9-15(2)10-12-16)23(20)17-7-5-4-6-8-17/h4-13H,3,14H2,1-2H3,(H,21,24). The van der Waals surface area contributed by atoms with Gasteiger partial charge in [-0.25, -0.2) is 4.98 Å². The summed E-state index contributed by atoms with van der Waals surface area (Å²) in [6.07, 6.45) is 1.87. The lowest BCUT2D eigenvalue weighted by Crippen LogP contribution is -2.24. The highest BCUT2D eigenvalue weighted by Gasteiger charge is 2.15. The van der Waals surface area contributed by atoms with Crippen molar-refractivity contribution in [2.24, 2.45) is 0 Å². The van der Waals surface area contributed by atoms with E-state index in [9.17, 15) is 4.79 Å². The van der Waals surface area contributed by atoms with Crippen LogP contribution in [0.25, 0.3) is 16.9 Å². The summed E-state index contributed by atoms with van der Waals surface area (Å²) in [6.45, 7) is 4.63. The number of hydrogen-bond acceptors (Lipinski definition) is 3. The molecule has 0 radical (unpaired) electrons. The summed E-state index contributed by atoms with van der Waals surface area (Å²) in [4.78, 5) is 16.4. The predicted molar refractivity (Wildman–Crippen MR) is 103 cm³/mol. The normalized spacial score (nSPS) is 10.6. The summed E-state index contributed by atoms with van der Waals surface area (Å²) < 4.78 is 2.11. The van der Waals surface area contributed by atoms with Gasteiger partial charge in [-0.2, -0.15) is 0 Å². The zero-order valence-electron chi connectivity index (χ0n) is 14.4. The van der Waals surface area contributed by atoms with E-state index in [0.717, 1.165) is 22.1 Å². The van der Waals surface area contributed by atoms with Crippen molar-refractivity contribution in [3.8, 4) is 16.9 Å². The summed E-state index contributed by atoms with van der Waals surface area (Å²) in [5.41, 5.74) is 4.38. The number of aromatic nitrogens is 2. The van der Waals surface area contributed by atoms with E-state index >= 15 is 0 Å². The van der Waals surface area contributed by atoms with Gasteiger partial charge in [-0.15, -0.1) is 0 Å². The van der Waals surface area contributed by atoms with Gasteiger partial charge in [0.25, 0.3) is 0 Å².